The first-order chi connectivity index (χ1) is 14.5. The van der Waals surface area contributed by atoms with E-state index in [2.05, 4.69) is 35.6 Å². The third kappa shape index (κ3) is 4.99. The summed E-state index contributed by atoms with van der Waals surface area (Å²) in [5.74, 6) is 0.289. The largest absolute Gasteiger partial charge is 0.296 e. The maximum absolute atomic E-state index is 13.2. The van der Waals surface area contributed by atoms with E-state index >= 15 is 0 Å². The van der Waals surface area contributed by atoms with Crippen LogP contribution < -0.4 is 9.86 Å². The SMILES string of the molecule is Cc1cc2c(cc1C)[C@@H]1C[C@H]3[C@H](CCCN3S(=O)(=O)CCCNS(N)(=O)=O)CN1CC2. The number of hydrogen-bond donors (Lipinski definition) is 2. The molecule has 10 heteroatoms. The quantitative estimate of drug-likeness (QED) is 0.607. The lowest BCUT2D eigenvalue weighted by atomic mass is 9.77. The number of rotatable bonds is 6. The highest BCUT2D eigenvalue weighted by molar-refractivity contribution is 7.89. The van der Waals surface area contributed by atoms with Gasteiger partial charge in [0, 0.05) is 38.3 Å². The van der Waals surface area contributed by atoms with Crippen molar-refractivity contribution in [2.45, 2.75) is 58.0 Å². The van der Waals surface area contributed by atoms with Gasteiger partial charge in [-0.25, -0.2) is 18.3 Å². The molecule has 0 saturated carbocycles. The zero-order chi connectivity index (χ0) is 22.4. The van der Waals surface area contributed by atoms with Crippen molar-refractivity contribution in [2.24, 2.45) is 11.1 Å². The molecule has 3 heterocycles. The standard InChI is InChI=1S/C21H34N4O4S2/c1-15-11-17-6-9-24-14-18-5-3-8-25(20(18)13-21(24)19(17)12-16(15)2)30(26,27)10-4-7-23-31(22,28)29/h11-12,18,20-21,23H,3-10,13-14H2,1-2H3,(H2,22,28,29)/t18-,20+,21+/m1/s1. The Balaban J connectivity index is 1.52. The number of sulfonamides is 1. The monoisotopic (exact) mass is 470 g/mol. The van der Waals surface area contributed by atoms with Crippen molar-refractivity contribution in [1.82, 2.24) is 13.9 Å². The third-order valence-electron chi connectivity index (χ3n) is 7.26. The molecule has 1 aromatic carbocycles. The molecule has 31 heavy (non-hydrogen) atoms. The molecule has 0 unspecified atom stereocenters. The second-order valence-corrected chi connectivity index (χ2v) is 12.7. The van der Waals surface area contributed by atoms with Crippen LogP contribution in [0.15, 0.2) is 12.1 Å². The zero-order valence-corrected chi connectivity index (χ0v) is 20.0. The lowest BCUT2D eigenvalue weighted by Gasteiger charge is -2.52. The summed E-state index contributed by atoms with van der Waals surface area (Å²) in [5, 5.41) is 4.93. The van der Waals surface area contributed by atoms with E-state index in [9.17, 15) is 16.8 Å². The predicted molar refractivity (Wildman–Crippen MR) is 121 cm³/mol. The number of nitrogens with one attached hydrogen (secondary N) is 1. The van der Waals surface area contributed by atoms with Gasteiger partial charge >= 0.3 is 0 Å². The number of fused-ring (bicyclic) bond motifs is 4. The fourth-order valence-corrected chi connectivity index (χ4v) is 7.87. The minimum atomic E-state index is -3.80. The van der Waals surface area contributed by atoms with Gasteiger partial charge in [0.1, 0.15) is 0 Å². The molecule has 2 saturated heterocycles. The van der Waals surface area contributed by atoms with E-state index in [4.69, 9.17) is 5.14 Å². The molecule has 0 radical (unpaired) electrons. The van der Waals surface area contributed by atoms with E-state index in [1.165, 1.54) is 22.3 Å². The van der Waals surface area contributed by atoms with E-state index in [1.54, 1.807) is 4.31 Å². The second kappa shape index (κ2) is 8.72. The minimum absolute atomic E-state index is 0.0127. The molecule has 0 spiro atoms. The van der Waals surface area contributed by atoms with E-state index in [1.807, 2.05) is 0 Å². The average molecular weight is 471 g/mol. The molecule has 4 rings (SSSR count). The highest BCUT2D eigenvalue weighted by Crippen LogP contribution is 2.44. The van der Waals surface area contributed by atoms with Gasteiger partial charge in [-0.3, -0.25) is 4.90 Å². The van der Waals surface area contributed by atoms with Crippen LogP contribution in [0.4, 0.5) is 0 Å². The average Bonchev–Trinajstić information content (AvgIpc) is 2.70. The molecule has 174 valence electrons. The van der Waals surface area contributed by atoms with Gasteiger partial charge < -0.3 is 0 Å². The Morgan fingerprint density at radius 1 is 1.13 bits per heavy atom. The van der Waals surface area contributed by atoms with E-state index < -0.39 is 20.2 Å². The van der Waals surface area contributed by atoms with Crippen LogP contribution in [0.1, 0.15) is 54.0 Å². The van der Waals surface area contributed by atoms with Gasteiger partial charge in [0.15, 0.2) is 0 Å². The summed E-state index contributed by atoms with van der Waals surface area (Å²) >= 11 is 0. The van der Waals surface area contributed by atoms with Gasteiger partial charge in [0.2, 0.25) is 10.0 Å². The van der Waals surface area contributed by atoms with Crippen molar-refractivity contribution < 1.29 is 16.8 Å². The molecule has 0 aliphatic carbocycles. The Kier molecular flexibility index (Phi) is 6.50. The van der Waals surface area contributed by atoms with Crippen molar-refractivity contribution in [2.75, 3.05) is 31.9 Å². The van der Waals surface area contributed by atoms with Gasteiger partial charge in [-0.2, -0.15) is 12.7 Å². The first kappa shape index (κ1) is 23.1. The summed E-state index contributed by atoms with van der Waals surface area (Å²) in [5.41, 5.74) is 5.38. The molecule has 3 aliphatic rings. The summed E-state index contributed by atoms with van der Waals surface area (Å²) in [7, 11) is -7.26. The smallest absolute Gasteiger partial charge is 0.274 e. The number of piperidine rings is 2. The van der Waals surface area contributed by atoms with Crippen LogP contribution in [0.25, 0.3) is 0 Å². The molecular weight excluding hydrogens is 436 g/mol. The summed E-state index contributed by atoms with van der Waals surface area (Å²) in [6.45, 7) is 6.86. The van der Waals surface area contributed by atoms with Crippen molar-refractivity contribution in [3.05, 3.63) is 34.4 Å². The van der Waals surface area contributed by atoms with Crippen LogP contribution in [0, 0.1) is 19.8 Å². The summed E-state index contributed by atoms with van der Waals surface area (Å²) in [6.07, 6.45) is 4.04. The van der Waals surface area contributed by atoms with Gasteiger partial charge in [-0.15, -0.1) is 0 Å². The maximum Gasteiger partial charge on any atom is 0.274 e. The summed E-state index contributed by atoms with van der Waals surface area (Å²) < 4.78 is 52.3. The lowest BCUT2D eigenvalue weighted by Crippen LogP contribution is -2.57. The van der Waals surface area contributed by atoms with Gasteiger partial charge in [0.25, 0.3) is 10.2 Å². The Morgan fingerprint density at radius 2 is 1.87 bits per heavy atom. The van der Waals surface area contributed by atoms with Crippen LogP contribution in [0.2, 0.25) is 0 Å². The van der Waals surface area contributed by atoms with Crippen LogP contribution >= 0.6 is 0 Å². The Hall–Kier alpha value is -1.04. The molecule has 0 bridgehead atoms. The molecule has 0 aromatic heterocycles. The molecule has 8 nitrogen and oxygen atoms in total. The molecule has 2 fully saturated rings. The first-order valence-corrected chi connectivity index (χ1v) is 14.3. The minimum Gasteiger partial charge on any atom is -0.296 e. The Morgan fingerprint density at radius 3 is 2.61 bits per heavy atom. The molecule has 1 aromatic rings. The number of nitrogens with zero attached hydrogens (tertiary/aromatic N) is 2. The van der Waals surface area contributed by atoms with Crippen LogP contribution in [-0.2, 0) is 26.7 Å². The van der Waals surface area contributed by atoms with Crippen LogP contribution in [0.5, 0.6) is 0 Å². The summed E-state index contributed by atoms with van der Waals surface area (Å²) in [6, 6.07) is 4.90. The fraction of sp³-hybridized carbons (Fsp3) is 0.714. The maximum atomic E-state index is 13.2. The molecular formula is C21H34N4O4S2. The number of benzene rings is 1. The second-order valence-electron chi connectivity index (χ2n) is 9.32. The first-order valence-electron chi connectivity index (χ1n) is 11.2. The lowest BCUT2D eigenvalue weighted by molar-refractivity contribution is 0.0219. The van der Waals surface area contributed by atoms with Crippen molar-refractivity contribution in [3.63, 3.8) is 0 Å². The number of hydrogen-bond acceptors (Lipinski definition) is 5. The topological polar surface area (TPSA) is 113 Å². The third-order valence-corrected chi connectivity index (χ3v) is 9.84. The van der Waals surface area contributed by atoms with Crippen molar-refractivity contribution >= 4 is 20.2 Å². The Bertz CT molecular complexity index is 1040. The number of aryl methyl sites for hydroxylation is 2. The van der Waals surface area contributed by atoms with Gasteiger partial charge in [-0.1, -0.05) is 12.1 Å². The van der Waals surface area contributed by atoms with Crippen molar-refractivity contribution in [3.8, 4) is 0 Å². The predicted octanol–water partition coefficient (Wildman–Crippen LogP) is 1.20. The molecule has 3 atom stereocenters. The number of nitrogens with two attached hydrogens (primary N) is 1. The normalized spacial score (nSPS) is 27.4. The van der Waals surface area contributed by atoms with E-state index in [0.29, 0.717) is 12.5 Å². The van der Waals surface area contributed by atoms with E-state index in [-0.39, 0.29) is 30.8 Å². The highest BCUT2D eigenvalue weighted by Gasteiger charge is 2.45. The molecule has 0 amide bonds. The van der Waals surface area contributed by atoms with E-state index in [0.717, 1.165) is 38.8 Å². The Labute approximate surface area is 186 Å². The fourth-order valence-electron chi connectivity index (χ4n) is 5.62. The van der Waals surface area contributed by atoms with Crippen LogP contribution in [-0.4, -0.2) is 64.0 Å². The summed E-state index contributed by atoms with van der Waals surface area (Å²) in [4.78, 5) is 2.56. The van der Waals surface area contributed by atoms with Crippen LogP contribution in [0.3, 0.4) is 0 Å². The van der Waals surface area contributed by atoms with Gasteiger partial charge in [0.05, 0.1) is 5.75 Å². The molecule has 3 N–H and O–H groups in total. The zero-order valence-electron chi connectivity index (χ0n) is 18.4. The highest BCUT2D eigenvalue weighted by atomic mass is 32.2. The van der Waals surface area contributed by atoms with Crippen molar-refractivity contribution in [1.29, 1.82) is 0 Å². The van der Waals surface area contributed by atoms with Gasteiger partial charge in [-0.05, 0) is 74.1 Å². The molecule has 3 aliphatic heterocycles.